The van der Waals surface area contributed by atoms with Gasteiger partial charge in [0.15, 0.2) is 15.0 Å². The molecule has 164 valence electrons. The number of nitrogens with one attached hydrogen (secondary N) is 2. The zero-order chi connectivity index (χ0) is 22.8. The van der Waals surface area contributed by atoms with Crippen molar-refractivity contribution in [1.82, 2.24) is 4.98 Å². The van der Waals surface area contributed by atoms with Gasteiger partial charge in [-0.2, -0.15) is 0 Å². The lowest BCUT2D eigenvalue weighted by molar-refractivity contribution is 0.102. The Labute approximate surface area is 185 Å². The fraction of sp³-hybridized carbons (Fsp3) is 0.200. The lowest BCUT2D eigenvalue weighted by atomic mass is 10.1. The highest BCUT2D eigenvalue weighted by Gasteiger charge is 2.19. The van der Waals surface area contributed by atoms with Gasteiger partial charge in [0.25, 0.3) is 5.91 Å². The Bertz CT molecular complexity index is 1290. The molecule has 0 aliphatic carbocycles. The lowest BCUT2D eigenvalue weighted by Crippen LogP contribution is -2.15. The number of anilines is 2. The largest absolute Gasteiger partial charge is 0.298 e. The number of sulfonamides is 1. The number of amides is 1. The summed E-state index contributed by atoms with van der Waals surface area (Å²) in [6.45, 7) is 3.21. The van der Waals surface area contributed by atoms with Gasteiger partial charge in [-0.05, 0) is 50.2 Å². The molecule has 2 aromatic carbocycles. The van der Waals surface area contributed by atoms with Crippen LogP contribution in [0.3, 0.4) is 0 Å². The maximum absolute atomic E-state index is 12.5. The SMILES string of the molecule is CC(C)S(=O)(=O)c1ccc(C(=O)Nc2nc(-c3ccc(NS(C)(=O)=O)cc3)cs2)cc1. The normalized spacial score (nSPS) is 12.0. The summed E-state index contributed by atoms with van der Waals surface area (Å²) in [6, 6.07) is 12.5. The van der Waals surface area contributed by atoms with E-state index >= 15 is 0 Å². The van der Waals surface area contributed by atoms with Crippen LogP contribution in [0.2, 0.25) is 0 Å². The summed E-state index contributed by atoms with van der Waals surface area (Å²) in [4.78, 5) is 17.0. The molecule has 0 unspecified atom stereocenters. The molecule has 2 N–H and O–H groups in total. The van der Waals surface area contributed by atoms with E-state index in [2.05, 4.69) is 15.0 Å². The van der Waals surface area contributed by atoms with Crippen LogP contribution in [-0.2, 0) is 19.9 Å². The predicted octanol–water partition coefficient (Wildman–Crippen LogP) is 3.62. The van der Waals surface area contributed by atoms with Crippen molar-refractivity contribution in [2.45, 2.75) is 24.0 Å². The Kier molecular flexibility index (Phi) is 6.48. The highest BCUT2D eigenvalue weighted by atomic mass is 32.2. The first-order valence-electron chi connectivity index (χ1n) is 9.15. The molecule has 1 heterocycles. The molecule has 0 saturated carbocycles. The average molecular weight is 480 g/mol. The number of carbonyl (C=O) groups excluding carboxylic acids is 1. The van der Waals surface area contributed by atoms with Crippen LogP contribution in [0.25, 0.3) is 11.3 Å². The van der Waals surface area contributed by atoms with Crippen molar-refractivity contribution in [3.8, 4) is 11.3 Å². The summed E-state index contributed by atoms with van der Waals surface area (Å²) in [6.07, 6.45) is 1.08. The van der Waals surface area contributed by atoms with Gasteiger partial charge >= 0.3 is 0 Å². The molecule has 3 aromatic rings. The Balaban J connectivity index is 1.70. The highest BCUT2D eigenvalue weighted by molar-refractivity contribution is 7.92. The smallest absolute Gasteiger partial charge is 0.257 e. The summed E-state index contributed by atoms with van der Waals surface area (Å²) in [7, 11) is -6.75. The third-order valence-corrected chi connectivity index (χ3v) is 7.81. The number of sulfone groups is 1. The molecular weight excluding hydrogens is 458 g/mol. The number of benzene rings is 2. The lowest BCUT2D eigenvalue weighted by Gasteiger charge is -2.08. The topological polar surface area (TPSA) is 122 Å². The van der Waals surface area contributed by atoms with Crippen molar-refractivity contribution in [2.24, 2.45) is 0 Å². The van der Waals surface area contributed by atoms with Gasteiger partial charge in [0.1, 0.15) is 0 Å². The molecule has 0 spiro atoms. The summed E-state index contributed by atoms with van der Waals surface area (Å²) < 4.78 is 49.3. The van der Waals surface area contributed by atoms with Gasteiger partial charge in [-0.25, -0.2) is 21.8 Å². The number of rotatable bonds is 7. The Morgan fingerprint density at radius 1 is 0.968 bits per heavy atom. The monoisotopic (exact) mass is 479 g/mol. The van der Waals surface area contributed by atoms with E-state index in [1.807, 2.05) is 0 Å². The third-order valence-electron chi connectivity index (χ3n) is 4.27. The second kappa shape index (κ2) is 8.77. The van der Waals surface area contributed by atoms with Gasteiger partial charge in [-0.1, -0.05) is 12.1 Å². The number of hydrogen-bond donors (Lipinski definition) is 2. The van der Waals surface area contributed by atoms with Crippen LogP contribution in [0.4, 0.5) is 10.8 Å². The van der Waals surface area contributed by atoms with Crippen LogP contribution in [0, 0.1) is 0 Å². The van der Waals surface area contributed by atoms with E-state index in [4.69, 9.17) is 0 Å². The van der Waals surface area contributed by atoms with Crippen LogP contribution in [0.15, 0.2) is 58.8 Å². The van der Waals surface area contributed by atoms with Crippen molar-refractivity contribution < 1.29 is 21.6 Å². The molecule has 1 aromatic heterocycles. The zero-order valence-electron chi connectivity index (χ0n) is 17.0. The van der Waals surface area contributed by atoms with Gasteiger partial charge in [0, 0.05) is 22.2 Å². The van der Waals surface area contributed by atoms with E-state index in [-0.39, 0.29) is 4.90 Å². The van der Waals surface area contributed by atoms with Crippen molar-refractivity contribution in [3.05, 3.63) is 59.5 Å². The molecule has 0 saturated heterocycles. The first-order chi connectivity index (χ1) is 14.5. The number of thiazole rings is 1. The van der Waals surface area contributed by atoms with Crippen LogP contribution in [-0.4, -0.2) is 39.2 Å². The number of nitrogens with zero attached hydrogens (tertiary/aromatic N) is 1. The van der Waals surface area contributed by atoms with Gasteiger partial charge in [0.05, 0.1) is 22.1 Å². The van der Waals surface area contributed by atoms with Gasteiger partial charge in [-0.15, -0.1) is 11.3 Å². The molecule has 0 atom stereocenters. The van der Waals surface area contributed by atoms with E-state index in [0.717, 1.165) is 11.8 Å². The van der Waals surface area contributed by atoms with Crippen molar-refractivity contribution in [3.63, 3.8) is 0 Å². The standard InChI is InChI=1S/C20H21N3O5S3/c1-13(2)31(27,28)17-10-6-15(7-11-17)19(24)22-20-21-18(12-29-20)14-4-8-16(9-5-14)23-30(3,25)26/h4-13,23H,1-3H3,(H,21,22,24). The molecule has 0 aliphatic heterocycles. The van der Waals surface area contributed by atoms with E-state index in [9.17, 15) is 21.6 Å². The van der Waals surface area contributed by atoms with Crippen molar-refractivity contribution >= 4 is 47.9 Å². The Hall–Kier alpha value is -2.76. The Morgan fingerprint density at radius 3 is 2.13 bits per heavy atom. The molecule has 0 radical (unpaired) electrons. The summed E-state index contributed by atoms with van der Waals surface area (Å²) >= 11 is 1.24. The minimum absolute atomic E-state index is 0.171. The molecule has 3 rings (SSSR count). The first-order valence-corrected chi connectivity index (χ1v) is 13.5. The fourth-order valence-corrected chi connectivity index (χ4v) is 4.96. The molecule has 31 heavy (non-hydrogen) atoms. The summed E-state index contributed by atoms with van der Waals surface area (Å²) in [5.74, 6) is -0.401. The van der Waals surface area contributed by atoms with Crippen molar-refractivity contribution in [2.75, 3.05) is 16.3 Å². The molecule has 11 heteroatoms. The quantitative estimate of drug-likeness (QED) is 0.534. The second-order valence-electron chi connectivity index (χ2n) is 7.06. The molecule has 0 bridgehead atoms. The van der Waals surface area contributed by atoms with E-state index < -0.39 is 31.0 Å². The number of hydrogen-bond acceptors (Lipinski definition) is 7. The molecule has 0 fully saturated rings. The van der Waals surface area contributed by atoms with Crippen LogP contribution in [0.5, 0.6) is 0 Å². The molecule has 0 aliphatic rings. The predicted molar refractivity (Wildman–Crippen MR) is 123 cm³/mol. The van der Waals surface area contributed by atoms with E-state index in [1.165, 1.54) is 35.6 Å². The molecular formula is C20H21N3O5S3. The number of aromatic nitrogens is 1. The summed E-state index contributed by atoms with van der Waals surface area (Å²) in [5, 5.41) is 4.31. The highest BCUT2D eigenvalue weighted by Crippen LogP contribution is 2.26. The maximum atomic E-state index is 12.5. The van der Waals surface area contributed by atoms with Crippen LogP contribution in [0.1, 0.15) is 24.2 Å². The van der Waals surface area contributed by atoms with Crippen LogP contribution < -0.4 is 10.0 Å². The van der Waals surface area contributed by atoms with Gasteiger partial charge in [-0.3, -0.25) is 14.8 Å². The average Bonchev–Trinajstić information content (AvgIpc) is 3.15. The number of carbonyl (C=O) groups is 1. The van der Waals surface area contributed by atoms with E-state index in [1.54, 1.807) is 43.5 Å². The van der Waals surface area contributed by atoms with Gasteiger partial charge in [0.2, 0.25) is 10.0 Å². The van der Waals surface area contributed by atoms with Crippen molar-refractivity contribution in [1.29, 1.82) is 0 Å². The minimum Gasteiger partial charge on any atom is -0.298 e. The second-order valence-corrected chi connectivity index (χ2v) is 12.2. The zero-order valence-corrected chi connectivity index (χ0v) is 19.4. The third kappa shape index (κ3) is 5.69. The summed E-state index contributed by atoms with van der Waals surface area (Å²) in [5.41, 5.74) is 2.15. The van der Waals surface area contributed by atoms with E-state index in [0.29, 0.717) is 22.1 Å². The maximum Gasteiger partial charge on any atom is 0.257 e. The molecule has 1 amide bonds. The minimum atomic E-state index is -3.40. The fourth-order valence-electron chi connectivity index (χ4n) is 2.62. The first kappa shape index (κ1) is 22.9. The van der Waals surface area contributed by atoms with Crippen LogP contribution >= 0.6 is 11.3 Å². The molecule has 8 nitrogen and oxygen atoms in total. The van der Waals surface area contributed by atoms with Gasteiger partial charge < -0.3 is 0 Å². The Morgan fingerprint density at radius 2 is 1.58 bits per heavy atom.